The van der Waals surface area contributed by atoms with Crippen molar-refractivity contribution in [1.82, 2.24) is 9.88 Å². The Hall–Kier alpha value is -0.940. The molecule has 0 spiro atoms. The first-order valence-corrected chi connectivity index (χ1v) is 5.04. The highest BCUT2D eigenvalue weighted by Gasteiger charge is 2.31. The molecule has 1 aromatic rings. The van der Waals surface area contributed by atoms with Crippen LogP contribution in [0.3, 0.4) is 0 Å². The number of aliphatic hydroxyl groups is 1. The number of hydrogen-bond acceptors (Lipinski definition) is 4. The lowest BCUT2D eigenvalue weighted by molar-refractivity contribution is 0.0357. The van der Waals surface area contributed by atoms with Crippen LogP contribution in [0.5, 0.6) is 0 Å². The van der Waals surface area contributed by atoms with E-state index in [-0.39, 0.29) is 18.4 Å². The highest BCUT2D eigenvalue weighted by molar-refractivity contribution is 7.07. The predicted octanol–water partition coefficient (Wildman–Crippen LogP) is 0.207. The van der Waals surface area contributed by atoms with Crippen molar-refractivity contribution < 1.29 is 9.90 Å². The molecule has 0 aromatic carbocycles. The maximum absolute atomic E-state index is 11.5. The van der Waals surface area contributed by atoms with Gasteiger partial charge in [0.05, 0.1) is 5.51 Å². The van der Waals surface area contributed by atoms with E-state index in [2.05, 4.69) is 4.98 Å². The van der Waals surface area contributed by atoms with Crippen molar-refractivity contribution in [2.75, 3.05) is 19.7 Å². The Balaban J connectivity index is 1.94. The Morgan fingerprint density at radius 2 is 2.54 bits per heavy atom. The monoisotopic (exact) mass is 198 g/mol. The van der Waals surface area contributed by atoms with Gasteiger partial charge in [0.25, 0.3) is 5.91 Å². The lowest BCUT2D eigenvalue weighted by atomic mass is 10.0. The fourth-order valence-corrected chi connectivity index (χ4v) is 1.86. The second-order valence-corrected chi connectivity index (χ2v) is 3.85. The highest BCUT2D eigenvalue weighted by Crippen LogP contribution is 2.17. The number of likely N-dealkylation sites (tertiary alicyclic amines) is 1. The Morgan fingerprint density at radius 1 is 1.77 bits per heavy atom. The van der Waals surface area contributed by atoms with Gasteiger partial charge in [-0.15, -0.1) is 11.3 Å². The second-order valence-electron chi connectivity index (χ2n) is 3.13. The van der Waals surface area contributed by atoms with Crippen LogP contribution in [0.2, 0.25) is 0 Å². The maximum Gasteiger partial charge on any atom is 0.273 e. The molecule has 0 aliphatic carbocycles. The summed E-state index contributed by atoms with van der Waals surface area (Å²) in [5, 5.41) is 10.5. The van der Waals surface area contributed by atoms with Crippen molar-refractivity contribution in [1.29, 1.82) is 0 Å². The molecular weight excluding hydrogens is 188 g/mol. The van der Waals surface area contributed by atoms with Crippen molar-refractivity contribution in [3.05, 3.63) is 16.6 Å². The van der Waals surface area contributed by atoms with Crippen LogP contribution in [0, 0.1) is 5.92 Å². The van der Waals surface area contributed by atoms with E-state index >= 15 is 0 Å². The van der Waals surface area contributed by atoms with E-state index < -0.39 is 0 Å². The van der Waals surface area contributed by atoms with E-state index in [1.54, 1.807) is 15.8 Å². The molecule has 1 N–H and O–H groups in total. The van der Waals surface area contributed by atoms with Gasteiger partial charge in [-0.1, -0.05) is 0 Å². The van der Waals surface area contributed by atoms with Gasteiger partial charge in [0.15, 0.2) is 0 Å². The zero-order chi connectivity index (χ0) is 9.26. The van der Waals surface area contributed by atoms with Gasteiger partial charge >= 0.3 is 0 Å². The van der Waals surface area contributed by atoms with Gasteiger partial charge < -0.3 is 10.0 Å². The lowest BCUT2D eigenvalue weighted by Gasteiger charge is -2.37. The van der Waals surface area contributed by atoms with Gasteiger partial charge in [0, 0.05) is 31.0 Å². The fourth-order valence-electron chi connectivity index (χ4n) is 1.33. The van der Waals surface area contributed by atoms with Crippen molar-refractivity contribution in [3.63, 3.8) is 0 Å². The number of nitrogens with zero attached hydrogens (tertiary/aromatic N) is 2. The SMILES string of the molecule is O=C(c1cscn1)N1CC(CO)C1. The summed E-state index contributed by atoms with van der Waals surface area (Å²) in [5.74, 6) is 0.244. The summed E-state index contributed by atoms with van der Waals surface area (Å²) in [6, 6.07) is 0. The lowest BCUT2D eigenvalue weighted by Crippen LogP contribution is -2.51. The first-order valence-electron chi connectivity index (χ1n) is 4.09. The third kappa shape index (κ3) is 1.57. The summed E-state index contributed by atoms with van der Waals surface area (Å²) in [5.41, 5.74) is 2.16. The minimum absolute atomic E-state index is 0.0223. The molecule has 1 aliphatic rings. The highest BCUT2D eigenvalue weighted by atomic mass is 32.1. The van der Waals surface area contributed by atoms with Gasteiger partial charge in [0.1, 0.15) is 5.69 Å². The van der Waals surface area contributed by atoms with Crippen molar-refractivity contribution >= 4 is 17.2 Å². The molecule has 1 amide bonds. The Bertz CT molecular complexity index is 293. The first kappa shape index (κ1) is 8.65. The summed E-state index contributed by atoms with van der Waals surface area (Å²) in [6.45, 7) is 1.49. The molecule has 2 rings (SSSR count). The summed E-state index contributed by atoms with van der Waals surface area (Å²) >= 11 is 1.42. The molecular formula is C8H10N2O2S. The maximum atomic E-state index is 11.5. The molecule has 0 bridgehead atoms. The zero-order valence-corrected chi connectivity index (χ0v) is 7.83. The van der Waals surface area contributed by atoms with Crippen molar-refractivity contribution in [2.24, 2.45) is 5.92 Å². The van der Waals surface area contributed by atoms with Gasteiger partial charge in [-0.05, 0) is 0 Å². The van der Waals surface area contributed by atoms with Gasteiger partial charge in [-0.2, -0.15) is 0 Å². The molecule has 1 fully saturated rings. The van der Waals surface area contributed by atoms with Crippen LogP contribution in [0.15, 0.2) is 10.9 Å². The molecule has 0 radical (unpaired) electrons. The summed E-state index contributed by atoms with van der Waals surface area (Å²) in [6.07, 6.45) is 0. The first-order chi connectivity index (χ1) is 6.31. The smallest absolute Gasteiger partial charge is 0.273 e. The number of aliphatic hydroxyl groups excluding tert-OH is 1. The number of rotatable bonds is 2. The van der Waals surface area contributed by atoms with Crippen LogP contribution < -0.4 is 0 Å². The average Bonchev–Trinajstić information content (AvgIpc) is 2.53. The van der Waals surface area contributed by atoms with Crippen LogP contribution in [0.25, 0.3) is 0 Å². The Morgan fingerprint density at radius 3 is 3.08 bits per heavy atom. The molecule has 4 nitrogen and oxygen atoms in total. The predicted molar refractivity (Wildman–Crippen MR) is 48.6 cm³/mol. The molecule has 0 saturated carbocycles. The average molecular weight is 198 g/mol. The van der Waals surface area contributed by atoms with Crippen LogP contribution >= 0.6 is 11.3 Å². The summed E-state index contributed by atoms with van der Waals surface area (Å²) in [4.78, 5) is 17.2. The third-order valence-corrected chi connectivity index (χ3v) is 2.74. The van der Waals surface area contributed by atoms with Crippen LogP contribution in [0.1, 0.15) is 10.5 Å². The second kappa shape index (κ2) is 3.43. The molecule has 1 saturated heterocycles. The van der Waals surface area contributed by atoms with Crippen LogP contribution in [-0.2, 0) is 0 Å². The molecule has 2 heterocycles. The Kier molecular flexibility index (Phi) is 2.28. The number of hydrogen-bond donors (Lipinski definition) is 1. The fraction of sp³-hybridized carbons (Fsp3) is 0.500. The van der Waals surface area contributed by atoms with E-state index in [1.807, 2.05) is 0 Å². The largest absolute Gasteiger partial charge is 0.396 e. The quantitative estimate of drug-likeness (QED) is 0.739. The topological polar surface area (TPSA) is 53.4 Å². The van der Waals surface area contributed by atoms with Gasteiger partial charge in [-0.3, -0.25) is 4.79 Å². The summed E-state index contributed by atoms with van der Waals surface area (Å²) in [7, 11) is 0. The molecule has 5 heteroatoms. The van der Waals surface area contributed by atoms with Gasteiger partial charge in [0.2, 0.25) is 0 Å². The van der Waals surface area contributed by atoms with E-state index in [9.17, 15) is 4.79 Å². The number of aromatic nitrogens is 1. The van der Waals surface area contributed by atoms with Crippen LogP contribution in [0.4, 0.5) is 0 Å². The number of thiazole rings is 1. The van der Waals surface area contributed by atoms with Crippen molar-refractivity contribution in [2.45, 2.75) is 0 Å². The Labute approximate surface area is 79.8 Å². The van der Waals surface area contributed by atoms with Gasteiger partial charge in [-0.25, -0.2) is 4.98 Å². The number of carbonyl (C=O) groups is 1. The van der Waals surface area contributed by atoms with E-state index in [0.717, 1.165) is 0 Å². The third-order valence-electron chi connectivity index (χ3n) is 2.15. The van der Waals surface area contributed by atoms with Crippen molar-refractivity contribution in [3.8, 4) is 0 Å². The van der Waals surface area contributed by atoms with E-state index in [1.165, 1.54) is 11.3 Å². The van der Waals surface area contributed by atoms with Crippen LogP contribution in [-0.4, -0.2) is 40.6 Å². The summed E-state index contributed by atoms with van der Waals surface area (Å²) < 4.78 is 0. The van der Waals surface area contributed by atoms with E-state index in [4.69, 9.17) is 5.11 Å². The number of carbonyl (C=O) groups excluding carboxylic acids is 1. The normalized spacial score (nSPS) is 17.2. The van der Waals surface area contributed by atoms with E-state index in [0.29, 0.717) is 18.8 Å². The zero-order valence-electron chi connectivity index (χ0n) is 7.01. The molecule has 1 aliphatic heterocycles. The molecule has 70 valence electrons. The molecule has 1 aromatic heterocycles. The molecule has 13 heavy (non-hydrogen) atoms. The number of amides is 1. The standard InChI is InChI=1S/C8H10N2O2S/c11-3-6-1-10(2-6)8(12)7-4-13-5-9-7/h4-6,11H,1-3H2. The molecule has 0 unspecified atom stereocenters. The minimum atomic E-state index is -0.0223. The molecule has 0 atom stereocenters. The minimum Gasteiger partial charge on any atom is -0.396 e.